The van der Waals surface area contributed by atoms with Crippen molar-refractivity contribution < 1.29 is 25.2 Å². The first-order valence-electron chi connectivity index (χ1n) is 3.33. The van der Waals surface area contributed by atoms with Crippen LogP contribution in [0.15, 0.2) is 24.6 Å². The molecule has 0 saturated heterocycles. The van der Waals surface area contributed by atoms with E-state index in [1.165, 1.54) is 0 Å². The zero-order valence-electron chi connectivity index (χ0n) is 7.25. The maximum atomic E-state index is 10.8. The Bertz CT molecular complexity index is 390. The summed E-state index contributed by atoms with van der Waals surface area (Å²) in [5.74, 6) is -0.412. The van der Waals surface area contributed by atoms with Crippen molar-refractivity contribution in [2.75, 3.05) is 12.5 Å². The molecule has 0 unspecified atom stereocenters. The lowest BCUT2D eigenvalue weighted by molar-refractivity contribution is 0.135. The summed E-state index contributed by atoms with van der Waals surface area (Å²) >= 11 is 0. The van der Waals surface area contributed by atoms with Gasteiger partial charge in [-0.2, -0.15) is 16.8 Å². The maximum Gasteiger partial charge on any atom is 0.291 e. The highest BCUT2D eigenvalue weighted by atomic mass is 32.2. The van der Waals surface area contributed by atoms with Crippen LogP contribution in [-0.4, -0.2) is 29.4 Å². The fourth-order valence-electron chi connectivity index (χ4n) is 0.401. The lowest BCUT2D eigenvalue weighted by Gasteiger charge is -2.02. The van der Waals surface area contributed by atoms with Crippen LogP contribution < -0.4 is 0 Å². The Morgan fingerprint density at radius 1 is 1.07 bits per heavy atom. The minimum absolute atomic E-state index is 0.412. The quantitative estimate of drug-likeness (QED) is 0.354. The predicted molar refractivity (Wildman–Crippen MR) is 50.1 cm³/mol. The largest absolute Gasteiger partial charge is 0.291 e. The van der Waals surface area contributed by atoms with Gasteiger partial charge in [0.2, 0.25) is 0 Å². The van der Waals surface area contributed by atoms with E-state index in [1.807, 2.05) is 0 Å². The molecule has 0 aromatic rings. The van der Waals surface area contributed by atoms with Crippen LogP contribution in [-0.2, 0) is 28.6 Å². The van der Waals surface area contributed by atoms with Gasteiger partial charge in [0.15, 0.2) is 6.79 Å². The highest BCUT2D eigenvalue weighted by Gasteiger charge is 2.11. The normalized spacial score (nSPS) is 12.3. The molecule has 0 aliphatic rings. The average Bonchev–Trinajstić information content (AvgIpc) is 2.03. The molecule has 0 heterocycles. The molecular weight excluding hydrogens is 232 g/mol. The summed E-state index contributed by atoms with van der Waals surface area (Å²) in [4.78, 5) is 0. The molecule has 82 valence electrons. The van der Waals surface area contributed by atoms with Gasteiger partial charge in [-0.05, 0) is 0 Å². The van der Waals surface area contributed by atoms with Crippen LogP contribution in [0.5, 0.6) is 0 Å². The van der Waals surface area contributed by atoms with Gasteiger partial charge in [0, 0.05) is 0 Å². The van der Waals surface area contributed by atoms with Gasteiger partial charge in [0.1, 0.15) is 0 Å². The van der Waals surface area contributed by atoms with E-state index in [2.05, 4.69) is 21.5 Å². The first-order chi connectivity index (χ1) is 6.33. The third-order valence-corrected chi connectivity index (χ3v) is 2.90. The van der Waals surface area contributed by atoms with E-state index in [1.54, 1.807) is 0 Å². The lowest BCUT2D eigenvalue weighted by Crippen LogP contribution is -2.13. The van der Waals surface area contributed by atoms with Gasteiger partial charge in [0.25, 0.3) is 20.2 Å². The van der Waals surface area contributed by atoms with Crippen LogP contribution in [0.1, 0.15) is 0 Å². The Morgan fingerprint density at radius 3 is 2.07 bits per heavy atom. The van der Waals surface area contributed by atoms with E-state index >= 15 is 0 Å². The molecule has 0 aromatic heterocycles. The summed E-state index contributed by atoms with van der Waals surface area (Å²) in [6, 6.07) is 0. The van der Waals surface area contributed by atoms with Crippen molar-refractivity contribution in [3.8, 4) is 0 Å². The minimum atomic E-state index is -3.91. The second-order valence-electron chi connectivity index (χ2n) is 2.03. The standard InChI is InChI=1S/C6H10O6S2/c1-3-5-14(9,10)12-6-11-13(7,8)4-2/h3-4H,1-2,5-6H2. The highest BCUT2D eigenvalue weighted by molar-refractivity contribution is 7.89. The van der Waals surface area contributed by atoms with Crippen molar-refractivity contribution in [1.82, 2.24) is 0 Å². The molecule has 0 aromatic carbocycles. The molecule has 0 radical (unpaired) electrons. The van der Waals surface area contributed by atoms with Gasteiger partial charge >= 0.3 is 0 Å². The molecule has 0 atom stereocenters. The lowest BCUT2D eigenvalue weighted by atomic mass is 10.8. The third kappa shape index (κ3) is 5.86. The van der Waals surface area contributed by atoms with Crippen LogP contribution in [0.2, 0.25) is 0 Å². The van der Waals surface area contributed by atoms with Gasteiger partial charge in [-0.25, -0.2) is 8.37 Å². The zero-order valence-corrected chi connectivity index (χ0v) is 8.88. The number of hydrogen-bond acceptors (Lipinski definition) is 6. The van der Waals surface area contributed by atoms with Gasteiger partial charge < -0.3 is 0 Å². The predicted octanol–water partition coefficient (Wildman–Crippen LogP) is -0.0338. The van der Waals surface area contributed by atoms with E-state index in [4.69, 9.17) is 0 Å². The maximum absolute atomic E-state index is 10.8. The van der Waals surface area contributed by atoms with Crippen LogP contribution in [0.4, 0.5) is 0 Å². The molecule has 14 heavy (non-hydrogen) atoms. The molecule has 0 rings (SSSR count). The molecular formula is C6H10O6S2. The molecule has 8 heteroatoms. The van der Waals surface area contributed by atoms with Crippen LogP contribution in [0, 0.1) is 0 Å². The molecule has 0 saturated carbocycles. The van der Waals surface area contributed by atoms with Crippen LogP contribution in [0.25, 0.3) is 0 Å². The summed E-state index contributed by atoms with van der Waals surface area (Å²) in [6.07, 6.45) is 1.11. The number of hydrogen-bond donors (Lipinski definition) is 0. The summed E-state index contributed by atoms with van der Waals surface area (Å²) in [7, 11) is -7.71. The minimum Gasteiger partial charge on any atom is -0.240 e. The summed E-state index contributed by atoms with van der Waals surface area (Å²) in [6.45, 7) is 5.24. The first kappa shape index (κ1) is 13.3. The smallest absolute Gasteiger partial charge is 0.240 e. The van der Waals surface area contributed by atoms with E-state index in [0.717, 1.165) is 6.08 Å². The topological polar surface area (TPSA) is 86.7 Å². The van der Waals surface area contributed by atoms with Crippen molar-refractivity contribution in [3.05, 3.63) is 24.6 Å². The van der Waals surface area contributed by atoms with E-state index < -0.39 is 32.8 Å². The first-order valence-corrected chi connectivity index (χ1v) is 6.38. The Kier molecular flexibility index (Phi) is 4.99. The Morgan fingerprint density at radius 2 is 1.64 bits per heavy atom. The SMILES string of the molecule is C=CCS(=O)(=O)OCOS(=O)(=O)C=C. The summed E-state index contributed by atoms with van der Waals surface area (Å²) in [5, 5.41) is 0.538. The van der Waals surface area contributed by atoms with Crippen molar-refractivity contribution in [3.63, 3.8) is 0 Å². The number of rotatable bonds is 7. The summed E-state index contributed by atoms with van der Waals surface area (Å²) < 4.78 is 51.1. The Labute approximate surface area is 83.1 Å². The van der Waals surface area contributed by atoms with Crippen molar-refractivity contribution in [2.45, 2.75) is 0 Å². The van der Waals surface area contributed by atoms with Gasteiger partial charge in [0.05, 0.1) is 11.2 Å². The van der Waals surface area contributed by atoms with Crippen LogP contribution in [0.3, 0.4) is 0 Å². The highest BCUT2D eigenvalue weighted by Crippen LogP contribution is 1.98. The van der Waals surface area contributed by atoms with Gasteiger partial charge in [-0.1, -0.05) is 12.7 Å². The molecule has 6 nitrogen and oxygen atoms in total. The molecule has 0 bridgehead atoms. The third-order valence-electron chi connectivity index (χ3n) is 0.966. The zero-order chi connectivity index (χ0) is 11.2. The fraction of sp³-hybridized carbons (Fsp3) is 0.333. The second kappa shape index (κ2) is 5.25. The monoisotopic (exact) mass is 242 g/mol. The Balaban J connectivity index is 4.10. The molecule has 0 spiro atoms. The molecule has 0 amide bonds. The van der Waals surface area contributed by atoms with Crippen molar-refractivity contribution in [2.24, 2.45) is 0 Å². The molecule has 0 N–H and O–H groups in total. The Hall–Kier alpha value is -0.700. The molecule has 0 aliphatic carbocycles. The van der Waals surface area contributed by atoms with E-state index in [0.29, 0.717) is 5.41 Å². The van der Waals surface area contributed by atoms with E-state index in [-0.39, 0.29) is 0 Å². The van der Waals surface area contributed by atoms with Crippen molar-refractivity contribution in [1.29, 1.82) is 0 Å². The van der Waals surface area contributed by atoms with Crippen LogP contribution >= 0.6 is 0 Å². The van der Waals surface area contributed by atoms with E-state index in [9.17, 15) is 16.8 Å². The van der Waals surface area contributed by atoms with Gasteiger partial charge in [-0.15, -0.1) is 6.58 Å². The second-order valence-corrected chi connectivity index (χ2v) is 5.27. The van der Waals surface area contributed by atoms with Gasteiger partial charge in [-0.3, -0.25) is 0 Å². The van der Waals surface area contributed by atoms with Crippen molar-refractivity contribution >= 4 is 20.2 Å². The molecule has 0 fully saturated rings. The average molecular weight is 242 g/mol. The fourth-order valence-corrected chi connectivity index (χ4v) is 1.32. The summed E-state index contributed by atoms with van der Waals surface area (Å²) in [5.41, 5.74) is 0. The molecule has 0 aliphatic heterocycles.